The van der Waals surface area contributed by atoms with Gasteiger partial charge in [0.05, 0.1) is 12.3 Å². The number of hydrogen-bond acceptors (Lipinski definition) is 2. The highest BCUT2D eigenvalue weighted by molar-refractivity contribution is 5.66. The van der Waals surface area contributed by atoms with Crippen LogP contribution >= 0.6 is 0 Å². The van der Waals surface area contributed by atoms with Crippen molar-refractivity contribution in [3.63, 3.8) is 0 Å². The summed E-state index contributed by atoms with van der Waals surface area (Å²) < 4.78 is 0. The summed E-state index contributed by atoms with van der Waals surface area (Å²) in [6, 6.07) is 3.92. The molecule has 1 aromatic rings. The highest BCUT2D eigenvalue weighted by Gasteiger charge is 2.06. The van der Waals surface area contributed by atoms with E-state index in [1.54, 1.807) is 0 Å². The lowest BCUT2D eigenvalue weighted by atomic mass is 10.1. The highest BCUT2D eigenvalue weighted by Crippen LogP contribution is 2.26. The van der Waals surface area contributed by atoms with E-state index in [0.717, 1.165) is 5.69 Å². The first-order valence-electron chi connectivity index (χ1n) is 4.65. The van der Waals surface area contributed by atoms with Crippen molar-refractivity contribution in [1.29, 1.82) is 0 Å². The number of hydrogen-bond donors (Lipinski definition) is 1. The summed E-state index contributed by atoms with van der Waals surface area (Å²) in [4.78, 5) is 4.15. The summed E-state index contributed by atoms with van der Waals surface area (Å²) in [5.41, 5.74) is 3.34. The zero-order chi connectivity index (χ0) is 9.10. The summed E-state index contributed by atoms with van der Waals surface area (Å²) in [5, 5.41) is 8.82. The summed E-state index contributed by atoms with van der Waals surface area (Å²) in [5.74, 6) is 0. The number of aromatic nitrogens is 1. The Morgan fingerprint density at radius 3 is 2.85 bits per heavy atom. The zero-order valence-electron chi connectivity index (χ0n) is 7.53. The topological polar surface area (TPSA) is 33.1 Å². The Bertz CT molecular complexity index is 313. The van der Waals surface area contributed by atoms with Crippen molar-refractivity contribution < 1.29 is 5.11 Å². The Balaban J connectivity index is 2.22. The monoisotopic (exact) mass is 175 g/mol. The molecule has 0 spiro atoms. The summed E-state index contributed by atoms with van der Waals surface area (Å²) in [6.45, 7) is 0.0271. The highest BCUT2D eigenvalue weighted by atomic mass is 16.3. The molecule has 0 atom stereocenters. The van der Waals surface area contributed by atoms with E-state index in [-0.39, 0.29) is 6.61 Å². The van der Waals surface area contributed by atoms with Gasteiger partial charge in [-0.3, -0.25) is 4.98 Å². The van der Waals surface area contributed by atoms with E-state index in [1.165, 1.54) is 30.4 Å². The number of aliphatic hydroxyl groups excluding tert-OH is 1. The number of pyridine rings is 1. The van der Waals surface area contributed by atoms with Gasteiger partial charge in [0.15, 0.2) is 0 Å². The molecule has 1 N–H and O–H groups in total. The summed E-state index contributed by atoms with van der Waals surface area (Å²) in [7, 11) is 0. The summed E-state index contributed by atoms with van der Waals surface area (Å²) >= 11 is 0. The minimum absolute atomic E-state index is 0.0271. The van der Waals surface area contributed by atoms with Crippen LogP contribution in [-0.2, 0) is 6.61 Å². The predicted octanol–water partition coefficient (Wildman–Crippen LogP) is 2.14. The molecule has 0 aliphatic heterocycles. The molecule has 13 heavy (non-hydrogen) atoms. The van der Waals surface area contributed by atoms with E-state index in [4.69, 9.17) is 5.11 Å². The van der Waals surface area contributed by atoms with Crippen LogP contribution in [0.5, 0.6) is 0 Å². The van der Waals surface area contributed by atoms with E-state index in [0.29, 0.717) is 0 Å². The molecule has 0 radical (unpaired) electrons. The van der Waals surface area contributed by atoms with Gasteiger partial charge in [-0.25, -0.2) is 0 Å². The first-order valence-corrected chi connectivity index (χ1v) is 4.65. The van der Waals surface area contributed by atoms with Gasteiger partial charge < -0.3 is 5.11 Å². The molecular weight excluding hydrogens is 162 g/mol. The molecule has 0 saturated carbocycles. The van der Waals surface area contributed by atoms with Crippen molar-refractivity contribution in [2.24, 2.45) is 0 Å². The Labute approximate surface area is 77.9 Å². The smallest absolute Gasteiger partial charge is 0.0852 e. The van der Waals surface area contributed by atoms with Crippen LogP contribution in [0.3, 0.4) is 0 Å². The SMILES string of the molecule is OCc1ccc(C2=CCCC2)cn1. The van der Waals surface area contributed by atoms with Crippen molar-refractivity contribution in [2.75, 3.05) is 0 Å². The zero-order valence-corrected chi connectivity index (χ0v) is 7.53. The number of aliphatic hydroxyl groups is 1. The second kappa shape index (κ2) is 3.71. The molecule has 1 aliphatic carbocycles. The van der Waals surface area contributed by atoms with Crippen LogP contribution in [0, 0.1) is 0 Å². The van der Waals surface area contributed by atoms with Crippen LogP contribution in [0.1, 0.15) is 30.5 Å². The molecule has 0 saturated heterocycles. The lowest BCUT2D eigenvalue weighted by molar-refractivity contribution is 0.277. The fraction of sp³-hybridized carbons (Fsp3) is 0.364. The standard InChI is InChI=1S/C11H13NO/c13-8-11-6-5-10(7-12-11)9-3-1-2-4-9/h3,5-7,13H,1-2,4,8H2. The third-order valence-corrected chi connectivity index (χ3v) is 2.40. The van der Waals surface area contributed by atoms with Gasteiger partial charge in [-0.1, -0.05) is 12.1 Å². The number of rotatable bonds is 2. The molecule has 2 nitrogen and oxygen atoms in total. The van der Waals surface area contributed by atoms with Crippen LogP contribution in [-0.4, -0.2) is 10.1 Å². The van der Waals surface area contributed by atoms with Gasteiger partial charge in [0, 0.05) is 6.20 Å². The predicted molar refractivity (Wildman–Crippen MR) is 52.0 cm³/mol. The van der Waals surface area contributed by atoms with E-state index < -0.39 is 0 Å². The molecule has 0 unspecified atom stereocenters. The van der Waals surface area contributed by atoms with E-state index >= 15 is 0 Å². The molecule has 0 fully saturated rings. The van der Waals surface area contributed by atoms with Crippen molar-refractivity contribution in [2.45, 2.75) is 25.9 Å². The van der Waals surface area contributed by atoms with Crippen LogP contribution in [0.25, 0.3) is 5.57 Å². The van der Waals surface area contributed by atoms with Gasteiger partial charge >= 0.3 is 0 Å². The third kappa shape index (κ3) is 1.78. The van der Waals surface area contributed by atoms with E-state index in [1.807, 2.05) is 18.3 Å². The van der Waals surface area contributed by atoms with Crippen molar-refractivity contribution in [1.82, 2.24) is 4.98 Å². The van der Waals surface area contributed by atoms with Crippen LogP contribution in [0.15, 0.2) is 24.4 Å². The third-order valence-electron chi connectivity index (χ3n) is 2.40. The minimum atomic E-state index is 0.0271. The average Bonchev–Trinajstić information content (AvgIpc) is 2.71. The Morgan fingerprint density at radius 2 is 2.31 bits per heavy atom. The molecule has 1 aliphatic rings. The summed E-state index contributed by atoms with van der Waals surface area (Å²) in [6.07, 6.45) is 7.74. The second-order valence-corrected chi connectivity index (χ2v) is 3.32. The maximum Gasteiger partial charge on any atom is 0.0852 e. The Hall–Kier alpha value is -1.15. The van der Waals surface area contributed by atoms with Crippen LogP contribution in [0.2, 0.25) is 0 Å². The quantitative estimate of drug-likeness (QED) is 0.747. The molecular formula is C11H13NO. The Morgan fingerprint density at radius 1 is 1.38 bits per heavy atom. The first-order chi connectivity index (χ1) is 6.40. The van der Waals surface area contributed by atoms with Gasteiger partial charge in [0.1, 0.15) is 0 Å². The molecule has 68 valence electrons. The van der Waals surface area contributed by atoms with E-state index in [2.05, 4.69) is 11.1 Å². The molecule has 0 amide bonds. The molecule has 0 bridgehead atoms. The number of nitrogens with zero attached hydrogens (tertiary/aromatic N) is 1. The maximum atomic E-state index is 8.82. The van der Waals surface area contributed by atoms with Gasteiger partial charge in [0.2, 0.25) is 0 Å². The molecule has 1 aromatic heterocycles. The second-order valence-electron chi connectivity index (χ2n) is 3.32. The Kier molecular flexibility index (Phi) is 2.41. The molecule has 1 heterocycles. The lowest BCUT2D eigenvalue weighted by Gasteiger charge is -2.01. The molecule has 2 rings (SSSR count). The van der Waals surface area contributed by atoms with Gasteiger partial charge in [-0.2, -0.15) is 0 Å². The van der Waals surface area contributed by atoms with Crippen molar-refractivity contribution >= 4 is 5.57 Å². The molecule has 0 aromatic carbocycles. The molecule has 2 heteroatoms. The van der Waals surface area contributed by atoms with Crippen molar-refractivity contribution in [3.05, 3.63) is 35.7 Å². The van der Waals surface area contributed by atoms with Crippen molar-refractivity contribution in [3.8, 4) is 0 Å². The van der Waals surface area contributed by atoms with E-state index in [9.17, 15) is 0 Å². The maximum absolute atomic E-state index is 8.82. The van der Waals surface area contributed by atoms with Gasteiger partial charge in [0.25, 0.3) is 0 Å². The fourth-order valence-electron chi connectivity index (χ4n) is 1.64. The first kappa shape index (κ1) is 8.45. The van der Waals surface area contributed by atoms with Gasteiger partial charge in [-0.05, 0) is 36.5 Å². The van der Waals surface area contributed by atoms with Crippen LogP contribution < -0.4 is 0 Å². The lowest BCUT2D eigenvalue weighted by Crippen LogP contribution is -1.90. The van der Waals surface area contributed by atoms with Crippen LogP contribution in [0.4, 0.5) is 0 Å². The fourth-order valence-corrected chi connectivity index (χ4v) is 1.64. The number of allylic oxidation sites excluding steroid dienone is 2. The normalized spacial score (nSPS) is 15.9. The van der Waals surface area contributed by atoms with Gasteiger partial charge in [-0.15, -0.1) is 0 Å². The largest absolute Gasteiger partial charge is 0.390 e. The minimum Gasteiger partial charge on any atom is -0.390 e. The average molecular weight is 175 g/mol.